The second-order valence-corrected chi connectivity index (χ2v) is 11.5. The molecule has 1 aromatic heterocycles. The molecule has 1 saturated carbocycles. The van der Waals surface area contributed by atoms with Gasteiger partial charge in [-0.25, -0.2) is 4.68 Å². The van der Waals surface area contributed by atoms with Crippen LogP contribution in [-0.4, -0.2) is 70.2 Å². The van der Waals surface area contributed by atoms with Crippen LogP contribution in [0.15, 0.2) is 72.9 Å². The molecule has 2 aliphatic rings. The summed E-state index contributed by atoms with van der Waals surface area (Å²) < 4.78 is 7.91. The maximum atomic E-state index is 14.4. The lowest BCUT2D eigenvalue weighted by Gasteiger charge is -2.35. The number of ether oxygens (including phenoxy) is 1. The Hall–Kier alpha value is -4.02. The highest BCUT2D eigenvalue weighted by Crippen LogP contribution is 2.31. The van der Waals surface area contributed by atoms with Gasteiger partial charge in [-0.05, 0) is 50.4 Å². The molecule has 5 rings (SSSR count). The summed E-state index contributed by atoms with van der Waals surface area (Å²) in [6.07, 6.45) is 6.52. The van der Waals surface area contributed by atoms with Crippen molar-refractivity contribution in [1.82, 2.24) is 25.3 Å². The van der Waals surface area contributed by atoms with E-state index in [-0.39, 0.29) is 36.3 Å². The Labute approximate surface area is 253 Å². The first-order chi connectivity index (χ1) is 20.9. The lowest BCUT2D eigenvalue weighted by molar-refractivity contribution is -0.142. The lowest BCUT2D eigenvalue weighted by Crippen LogP contribution is -2.57. The number of nitrogens with one attached hydrogen (secondary N) is 3. The van der Waals surface area contributed by atoms with Crippen LogP contribution in [-0.2, 0) is 25.7 Å². The van der Waals surface area contributed by atoms with E-state index >= 15 is 0 Å². The van der Waals surface area contributed by atoms with Crippen molar-refractivity contribution in [3.05, 3.63) is 78.5 Å². The van der Waals surface area contributed by atoms with E-state index in [0.717, 1.165) is 43.4 Å². The van der Waals surface area contributed by atoms with Gasteiger partial charge in [0.2, 0.25) is 17.7 Å². The highest BCUT2D eigenvalue weighted by molar-refractivity contribution is 5.99. The lowest BCUT2D eigenvalue weighted by atomic mass is 9.83. The molecule has 0 bridgehead atoms. The molecule has 1 aliphatic carbocycles. The van der Waals surface area contributed by atoms with Crippen LogP contribution < -0.4 is 16.0 Å². The third-order valence-electron chi connectivity index (χ3n) is 8.58. The van der Waals surface area contributed by atoms with E-state index in [4.69, 9.17) is 4.74 Å². The Kier molecular flexibility index (Phi) is 10.2. The molecule has 43 heavy (non-hydrogen) atoms. The molecular weight excluding hydrogens is 544 g/mol. The second kappa shape index (κ2) is 14.4. The fraction of sp³-hybridized carbons (Fsp3) is 0.455. The number of anilines is 1. The number of carbonyl (C=O) groups excluding carboxylic acids is 3. The molecular formula is C33H42N6O4. The first-order valence-corrected chi connectivity index (χ1v) is 15.3. The monoisotopic (exact) mass is 586 g/mol. The Morgan fingerprint density at radius 1 is 0.977 bits per heavy atom. The summed E-state index contributed by atoms with van der Waals surface area (Å²) >= 11 is 0. The van der Waals surface area contributed by atoms with Gasteiger partial charge in [0.1, 0.15) is 17.9 Å². The Bertz CT molecular complexity index is 1360. The number of carbonyl (C=O) groups is 3. The average Bonchev–Trinajstić information content (AvgIpc) is 3.70. The van der Waals surface area contributed by atoms with Gasteiger partial charge >= 0.3 is 0 Å². The standard InChI is InChI=1S/C33H42N6O4/c1-23(34-2)31(40)37-30(25-14-8-4-9-15-25)33(42)38-21-27(43-22-24-12-6-3-7-13-24)20-28(38)32(41)36-29-18-19-35-39(29)26-16-10-5-11-17-26/h3,5-7,10-13,16-19,23,25,27-28,30,34H,4,8-9,14-15,20-22H2,1-2H3,(H,36,41)(H,37,40)/t23-,27-,28-,30-/m0/s1. The molecule has 3 amide bonds. The Balaban J connectivity index is 1.38. The largest absolute Gasteiger partial charge is 0.372 e. The quantitative estimate of drug-likeness (QED) is 0.316. The average molecular weight is 587 g/mol. The van der Waals surface area contributed by atoms with E-state index in [0.29, 0.717) is 18.8 Å². The number of likely N-dealkylation sites (N-methyl/N-ethyl adjacent to an activating group) is 1. The number of hydrogen-bond donors (Lipinski definition) is 3. The van der Waals surface area contributed by atoms with Gasteiger partial charge in [-0.3, -0.25) is 14.4 Å². The molecule has 0 unspecified atom stereocenters. The van der Waals surface area contributed by atoms with Crippen LogP contribution in [0.5, 0.6) is 0 Å². The van der Waals surface area contributed by atoms with Crippen molar-refractivity contribution in [3.8, 4) is 5.69 Å². The summed E-state index contributed by atoms with van der Waals surface area (Å²) in [5, 5.41) is 13.4. The van der Waals surface area contributed by atoms with Crippen LogP contribution in [0.25, 0.3) is 5.69 Å². The summed E-state index contributed by atoms with van der Waals surface area (Å²) in [4.78, 5) is 42.9. The predicted octanol–water partition coefficient (Wildman–Crippen LogP) is 3.67. The summed E-state index contributed by atoms with van der Waals surface area (Å²) in [6, 6.07) is 19.2. The normalized spacial score (nSPS) is 20.4. The van der Waals surface area contributed by atoms with E-state index in [1.165, 1.54) is 0 Å². The van der Waals surface area contributed by atoms with Gasteiger partial charge in [0, 0.05) is 19.0 Å². The molecule has 1 saturated heterocycles. The first-order valence-electron chi connectivity index (χ1n) is 15.3. The van der Waals surface area contributed by atoms with Gasteiger partial charge < -0.3 is 25.6 Å². The number of nitrogens with zero attached hydrogens (tertiary/aromatic N) is 3. The minimum atomic E-state index is -0.767. The van der Waals surface area contributed by atoms with Crippen molar-refractivity contribution in [2.45, 2.75) is 76.3 Å². The zero-order valence-electron chi connectivity index (χ0n) is 24.9. The van der Waals surface area contributed by atoms with E-state index < -0.39 is 18.1 Å². The van der Waals surface area contributed by atoms with E-state index in [1.807, 2.05) is 60.7 Å². The van der Waals surface area contributed by atoms with Crippen LogP contribution in [0, 0.1) is 5.92 Å². The predicted molar refractivity (Wildman–Crippen MR) is 164 cm³/mol. The molecule has 10 heteroatoms. The number of para-hydroxylation sites is 1. The highest BCUT2D eigenvalue weighted by Gasteiger charge is 2.44. The number of amides is 3. The molecule has 0 radical (unpaired) electrons. The van der Waals surface area contributed by atoms with Crippen LogP contribution in [0.3, 0.4) is 0 Å². The van der Waals surface area contributed by atoms with Gasteiger partial charge in [0.25, 0.3) is 0 Å². The first kappa shape index (κ1) is 30.4. The third kappa shape index (κ3) is 7.50. The van der Waals surface area contributed by atoms with Gasteiger partial charge in [-0.15, -0.1) is 0 Å². The number of likely N-dealkylation sites (tertiary alicyclic amines) is 1. The molecule has 10 nitrogen and oxygen atoms in total. The SMILES string of the molecule is CN[C@@H](C)C(=O)N[C@H](C(=O)N1C[C@@H](OCc2ccccc2)C[C@H]1C(=O)Nc1ccnn1-c1ccccc1)C1CCCCC1. The topological polar surface area (TPSA) is 118 Å². The molecule has 1 aliphatic heterocycles. The molecule has 2 fully saturated rings. The minimum absolute atomic E-state index is 0.0155. The highest BCUT2D eigenvalue weighted by atomic mass is 16.5. The van der Waals surface area contributed by atoms with E-state index in [9.17, 15) is 14.4 Å². The van der Waals surface area contributed by atoms with Crippen LogP contribution in [0.2, 0.25) is 0 Å². The molecule has 3 aromatic rings. The zero-order chi connectivity index (χ0) is 30.2. The van der Waals surface area contributed by atoms with Gasteiger partial charge in [0.05, 0.1) is 30.6 Å². The fourth-order valence-electron chi connectivity index (χ4n) is 6.02. The van der Waals surface area contributed by atoms with Crippen molar-refractivity contribution in [2.24, 2.45) is 5.92 Å². The van der Waals surface area contributed by atoms with Crippen LogP contribution in [0.1, 0.15) is 51.0 Å². The fourth-order valence-corrected chi connectivity index (χ4v) is 6.02. The number of rotatable bonds is 11. The van der Waals surface area contributed by atoms with E-state index in [2.05, 4.69) is 21.0 Å². The minimum Gasteiger partial charge on any atom is -0.372 e. The third-order valence-corrected chi connectivity index (χ3v) is 8.58. The number of hydrogen-bond acceptors (Lipinski definition) is 6. The number of benzene rings is 2. The Morgan fingerprint density at radius 3 is 2.37 bits per heavy atom. The maximum absolute atomic E-state index is 14.4. The summed E-state index contributed by atoms with van der Waals surface area (Å²) in [5.41, 5.74) is 1.83. The van der Waals surface area contributed by atoms with Crippen molar-refractivity contribution in [3.63, 3.8) is 0 Å². The molecule has 3 N–H and O–H groups in total. The molecule has 0 spiro atoms. The second-order valence-electron chi connectivity index (χ2n) is 11.5. The van der Waals surface area contributed by atoms with Crippen molar-refractivity contribution in [2.75, 3.05) is 18.9 Å². The summed E-state index contributed by atoms with van der Waals surface area (Å²) in [6.45, 7) is 2.42. The maximum Gasteiger partial charge on any atom is 0.248 e. The van der Waals surface area contributed by atoms with Gasteiger partial charge in [-0.1, -0.05) is 67.8 Å². The van der Waals surface area contributed by atoms with Gasteiger partial charge in [-0.2, -0.15) is 5.10 Å². The molecule has 2 aromatic carbocycles. The van der Waals surface area contributed by atoms with Crippen molar-refractivity contribution in [1.29, 1.82) is 0 Å². The van der Waals surface area contributed by atoms with Gasteiger partial charge in [0.15, 0.2) is 0 Å². The van der Waals surface area contributed by atoms with Crippen LogP contribution >= 0.6 is 0 Å². The number of aromatic nitrogens is 2. The summed E-state index contributed by atoms with van der Waals surface area (Å²) in [7, 11) is 1.72. The van der Waals surface area contributed by atoms with Crippen molar-refractivity contribution < 1.29 is 19.1 Å². The smallest absolute Gasteiger partial charge is 0.248 e. The Morgan fingerprint density at radius 2 is 1.67 bits per heavy atom. The van der Waals surface area contributed by atoms with Crippen molar-refractivity contribution >= 4 is 23.5 Å². The van der Waals surface area contributed by atoms with Crippen LogP contribution in [0.4, 0.5) is 5.82 Å². The molecule has 2 heterocycles. The molecule has 228 valence electrons. The molecule has 4 atom stereocenters. The zero-order valence-corrected chi connectivity index (χ0v) is 24.9. The summed E-state index contributed by atoms with van der Waals surface area (Å²) in [5.74, 6) is -0.241. The van der Waals surface area contributed by atoms with E-state index in [1.54, 1.807) is 35.8 Å².